The van der Waals surface area contributed by atoms with Crippen LogP contribution in [0.2, 0.25) is 0 Å². The second-order valence-corrected chi connectivity index (χ2v) is 6.80. The van der Waals surface area contributed by atoms with E-state index in [-0.39, 0.29) is 5.97 Å². The Morgan fingerprint density at radius 2 is 1.87 bits per heavy atom. The van der Waals surface area contributed by atoms with E-state index in [0.29, 0.717) is 12.3 Å². The minimum absolute atomic E-state index is 0.346. The van der Waals surface area contributed by atoms with E-state index < -0.39 is 18.3 Å². The summed E-state index contributed by atoms with van der Waals surface area (Å²) in [5.74, 6) is -0.358. The molecule has 1 saturated heterocycles. The number of esters is 1. The van der Waals surface area contributed by atoms with Crippen molar-refractivity contribution >= 4 is 29.5 Å². The van der Waals surface area contributed by atoms with Crippen molar-refractivity contribution in [1.82, 2.24) is 4.98 Å². The molecule has 0 bridgehead atoms. The Balaban J connectivity index is 2.01. The maximum Gasteiger partial charge on any atom is 0.495 e. The van der Waals surface area contributed by atoms with Crippen LogP contribution in [0.4, 0.5) is 0 Å². The molecule has 1 N–H and O–H groups in total. The van der Waals surface area contributed by atoms with Crippen molar-refractivity contribution in [3.63, 3.8) is 0 Å². The largest absolute Gasteiger partial charge is 0.495 e. The van der Waals surface area contributed by atoms with E-state index in [9.17, 15) is 4.79 Å². The Bertz CT molecular complexity index is 734. The van der Waals surface area contributed by atoms with E-state index >= 15 is 0 Å². The van der Waals surface area contributed by atoms with E-state index in [2.05, 4.69) is 4.98 Å². The predicted octanol–water partition coefficient (Wildman–Crippen LogP) is 2.64. The molecule has 2 aromatic rings. The number of fused-ring (bicyclic) bond motifs is 1. The van der Waals surface area contributed by atoms with E-state index in [0.717, 1.165) is 16.4 Å². The highest BCUT2D eigenvalue weighted by atomic mass is 16.7. The maximum absolute atomic E-state index is 11.9. The fraction of sp³-hybridized carbons (Fsp3) is 0.471. The minimum Gasteiger partial charge on any atom is -0.461 e. The molecule has 0 spiro atoms. The number of H-pyrrole nitrogens is 1. The van der Waals surface area contributed by atoms with E-state index in [1.807, 2.05) is 45.9 Å². The number of aromatic amines is 1. The summed E-state index contributed by atoms with van der Waals surface area (Å²) in [5, 5.41) is 0.911. The molecule has 0 aliphatic carbocycles. The summed E-state index contributed by atoms with van der Waals surface area (Å²) in [6.45, 7) is 10.2. The summed E-state index contributed by atoms with van der Waals surface area (Å²) in [6, 6.07) is 7.61. The van der Waals surface area contributed by atoms with Crippen molar-refractivity contribution in [3.8, 4) is 0 Å². The van der Waals surface area contributed by atoms with Gasteiger partial charge in [-0.25, -0.2) is 4.79 Å². The van der Waals surface area contributed by atoms with E-state index in [1.165, 1.54) is 0 Å². The number of aromatic nitrogens is 1. The second kappa shape index (κ2) is 5.39. The quantitative estimate of drug-likeness (QED) is 0.699. The fourth-order valence-electron chi connectivity index (χ4n) is 2.67. The number of carbonyl (C=O) groups excluding carboxylic acids is 1. The molecule has 1 aliphatic heterocycles. The van der Waals surface area contributed by atoms with Crippen molar-refractivity contribution in [3.05, 3.63) is 30.0 Å². The molecule has 122 valence electrons. The zero-order valence-electron chi connectivity index (χ0n) is 14.2. The van der Waals surface area contributed by atoms with Gasteiger partial charge in [-0.05, 0) is 52.2 Å². The summed E-state index contributed by atoms with van der Waals surface area (Å²) in [6.07, 6.45) is 0. The summed E-state index contributed by atoms with van der Waals surface area (Å²) >= 11 is 0. The van der Waals surface area contributed by atoms with Crippen molar-refractivity contribution in [2.75, 3.05) is 6.61 Å². The average molecular weight is 315 g/mol. The molecule has 3 rings (SSSR count). The van der Waals surface area contributed by atoms with Gasteiger partial charge >= 0.3 is 13.1 Å². The third kappa shape index (κ3) is 2.66. The van der Waals surface area contributed by atoms with Gasteiger partial charge in [-0.1, -0.05) is 12.1 Å². The highest BCUT2D eigenvalue weighted by Crippen LogP contribution is 2.37. The van der Waals surface area contributed by atoms with Crippen LogP contribution in [0, 0.1) is 0 Å². The van der Waals surface area contributed by atoms with Crippen LogP contribution in [0.15, 0.2) is 24.3 Å². The van der Waals surface area contributed by atoms with Gasteiger partial charge in [0.05, 0.1) is 17.8 Å². The first-order valence-corrected chi connectivity index (χ1v) is 7.89. The first kappa shape index (κ1) is 16.1. The van der Waals surface area contributed by atoms with E-state index in [1.54, 1.807) is 13.0 Å². The van der Waals surface area contributed by atoms with Crippen LogP contribution < -0.4 is 5.46 Å². The molecule has 1 aromatic carbocycles. The van der Waals surface area contributed by atoms with Crippen LogP contribution in [-0.4, -0.2) is 35.9 Å². The lowest BCUT2D eigenvalue weighted by Crippen LogP contribution is -2.41. The van der Waals surface area contributed by atoms with Gasteiger partial charge in [0, 0.05) is 10.9 Å². The third-order valence-electron chi connectivity index (χ3n) is 4.70. The molecular weight excluding hydrogens is 293 g/mol. The smallest absolute Gasteiger partial charge is 0.461 e. The van der Waals surface area contributed by atoms with Crippen molar-refractivity contribution in [2.24, 2.45) is 0 Å². The lowest BCUT2D eigenvalue weighted by molar-refractivity contribution is 0.00578. The Morgan fingerprint density at radius 1 is 1.22 bits per heavy atom. The lowest BCUT2D eigenvalue weighted by atomic mass is 9.77. The zero-order valence-corrected chi connectivity index (χ0v) is 14.2. The van der Waals surface area contributed by atoms with Crippen LogP contribution in [0.1, 0.15) is 45.1 Å². The summed E-state index contributed by atoms with van der Waals surface area (Å²) in [5.41, 5.74) is 1.40. The number of ether oxygens (including phenoxy) is 1. The first-order chi connectivity index (χ1) is 10.7. The number of carbonyl (C=O) groups is 1. The summed E-state index contributed by atoms with van der Waals surface area (Å²) < 4.78 is 17.3. The van der Waals surface area contributed by atoms with Gasteiger partial charge in [0.2, 0.25) is 0 Å². The van der Waals surface area contributed by atoms with Crippen LogP contribution in [0.5, 0.6) is 0 Å². The van der Waals surface area contributed by atoms with Crippen LogP contribution >= 0.6 is 0 Å². The number of rotatable bonds is 3. The van der Waals surface area contributed by atoms with Gasteiger partial charge in [-0.3, -0.25) is 0 Å². The lowest BCUT2D eigenvalue weighted by Gasteiger charge is -2.32. The molecular formula is C17H22BNO4. The molecule has 0 unspecified atom stereocenters. The van der Waals surface area contributed by atoms with Crippen LogP contribution in [-0.2, 0) is 14.0 Å². The molecule has 1 aliphatic rings. The summed E-state index contributed by atoms with van der Waals surface area (Å²) in [4.78, 5) is 15.0. The average Bonchev–Trinajstić information content (AvgIpc) is 2.98. The van der Waals surface area contributed by atoms with Gasteiger partial charge in [-0.2, -0.15) is 0 Å². The van der Waals surface area contributed by atoms with Gasteiger partial charge in [-0.15, -0.1) is 0 Å². The van der Waals surface area contributed by atoms with Gasteiger partial charge < -0.3 is 19.0 Å². The minimum atomic E-state index is -0.463. The standard InChI is InChI=1S/C17H22BNO4/c1-6-21-15(20)14-10-11-12(8-7-9-13(11)19-14)18-22-16(2,3)17(4,5)23-18/h7-10,19H,6H2,1-5H3. The van der Waals surface area contributed by atoms with Crippen molar-refractivity contribution in [1.29, 1.82) is 0 Å². The number of nitrogens with one attached hydrogen (secondary N) is 1. The third-order valence-corrected chi connectivity index (χ3v) is 4.70. The molecule has 23 heavy (non-hydrogen) atoms. The molecule has 2 heterocycles. The summed E-state index contributed by atoms with van der Waals surface area (Å²) in [7, 11) is -0.463. The van der Waals surface area contributed by atoms with Gasteiger partial charge in [0.15, 0.2) is 0 Å². The molecule has 1 fully saturated rings. The predicted molar refractivity (Wildman–Crippen MR) is 90.0 cm³/mol. The molecule has 0 saturated carbocycles. The monoisotopic (exact) mass is 315 g/mol. The topological polar surface area (TPSA) is 60.6 Å². The Hall–Kier alpha value is -1.79. The van der Waals surface area contributed by atoms with E-state index in [4.69, 9.17) is 14.0 Å². The molecule has 0 radical (unpaired) electrons. The molecule has 0 amide bonds. The Morgan fingerprint density at radius 3 is 2.48 bits per heavy atom. The zero-order chi connectivity index (χ0) is 16.8. The van der Waals surface area contributed by atoms with Gasteiger partial charge in [0.25, 0.3) is 0 Å². The molecule has 6 heteroatoms. The first-order valence-electron chi connectivity index (χ1n) is 7.89. The highest BCUT2D eigenvalue weighted by molar-refractivity contribution is 6.65. The normalized spacial score (nSPS) is 19.3. The molecule has 0 atom stereocenters. The number of hydrogen-bond acceptors (Lipinski definition) is 4. The second-order valence-electron chi connectivity index (χ2n) is 6.80. The number of benzene rings is 1. The van der Waals surface area contributed by atoms with Crippen LogP contribution in [0.3, 0.4) is 0 Å². The Labute approximate surface area is 136 Å². The van der Waals surface area contributed by atoms with Gasteiger partial charge in [0.1, 0.15) is 5.69 Å². The fourth-order valence-corrected chi connectivity index (χ4v) is 2.67. The highest BCUT2D eigenvalue weighted by Gasteiger charge is 2.52. The Kier molecular flexibility index (Phi) is 3.77. The SMILES string of the molecule is CCOC(=O)c1cc2c(B3OC(C)(C)C(C)(C)O3)cccc2[nH]1. The molecule has 1 aromatic heterocycles. The van der Waals surface area contributed by atoms with Crippen LogP contribution in [0.25, 0.3) is 10.9 Å². The number of hydrogen-bond donors (Lipinski definition) is 1. The van der Waals surface area contributed by atoms with Crippen molar-refractivity contribution < 1.29 is 18.8 Å². The van der Waals surface area contributed by atoms with Crippen molar-refractivity contribution in [2.45, 2.75) is 45.8 Å². The molecule has 5 nitrogen and oxygen atoms in total. The maximum atomic E-state index is 11.9.